The van der Waals surface area contributed by atoms with E-state index in [1.54, 1.807) is 24.9 Å². The Bertz CT molecular complexity index is 957. The molecule has 3 aromatic rings. The van der Waals surface area contributed by atoms with Crippen LogP contribution in [0.1, 0.15) is 22.7 Å². The first-order valence-corrected chi connectivity index (χ1v) is 10.2. The van der Waals surface area contributed by atoms with Crippen molar-refractivity contribution in [1.29, 1.82) is 0 Å². The number of methoxy groups -OCH3 is 1. The average Bonchev–Trinajstić information content (AvgIpc) is 3.26. The van der Waals surface area contributed by atoms with Gasteiger partial charge in [-0.1, -0.05) is 18.2 Å². The number of furan rings is 1. The lowest BCUT2D eigenvalue weighted by atomic mass is 10.3. The Hall–Kier alpha value is -3.39. The molecule has 1 aromatic heterocycles. The van der Waals surface area contributed by atoms with Crippen LogP contribution in [0, 0.1) is 0 Å². The number of para-hydroxylation sites is 1. The molecule has 2 amide bonds. The Labute approximate surface area is 178 Å². The van der Waals surface area contributed by atoms with Crippen LogP contribution in [0.4, 0.5) is 0 Å². The summed E-state index contributed by atoms with van der Waals surface area (Å²) in [5.74, 6) is 1.85. The normalized spacial score (nSPS) is 10.3. The number of amides is 2. The number of carbonyl (C=O) groups excluding carboxylic acids is 2. The Kier molecular flexibility index (Phi) is 7.79. The van der Waals surface area contributed by atoms with Crippen LogP contribution in [0.25, 0.3) is 0 Å². The highest BCUT2D eigenvalue weighted by molar-refractivity contribution is 7.99. The number of hydrogen-bond acceptors (Lipinski definition) is 6. The van der Waals surface area contributed by atoms with Gasteiger partial charge in [0.2, 0.25) is 5.91 Å². The zero-order valence-corrected chi connectivity index (χ0v) is 17.2. The minimum Gasteiger partial charge on any atom is -0.497 e. The summed E-state index contributed by atoms with van der Waals surface area (Å²) in [6.07, 6.45) is 0.255. The van der Waals surface area contributed by atoms with E-state index in [0.29, 0.717) is 17.3 Å². The highest BCUT2D eigenvalue weighted by Gasteiger charge is 2.12. The molecule has 0 spiro atoms. The summed E-state index contributed by atoms with van der Waals surface area (Å²) in [6, 6.07) is 20.1. The Morgan fingerprint density at radius 1 is 0.933 bits per heavy atom. The molecule has 0 aliphatic carbocycles. The van der Waals surface area contributed by atoms with E-state index in [9.17, 15) is 9.59 Å². The summed E-state index contributed by atoms with van der Waals surface area (Å²) < 4.78 is 16.1. The zero-order valence-electron chi connectivity index (χ0n) is 16.4. The molecule has 0 saturated heterocycles. The molecule has 3 rings (SSSR count). The summed E-state index contributed by atoms with van der Waals surface area (Å²) in [6.45, 7) is 0.201. The molecule has 156 valence electrons. The molecule has 0 atom stereocenters. The number of nitrogens with one attached hydrogen (secondary N) is 2. The van der Waals surface area contributed by atoms with E-state index in [0.717, 1.165) is 10.6 Å². The number of benzene rings is 2. The van der Waals surface area contributed by atoms with Crippen molar-refractivity contribution in [3.8, 4) is 11.5 Å². The quantitative estimate of drug-likeness (QED) is 0.400. The van der Waals surface area contributed by atoms with Crippen LogP contribution in [0.15, 0.2) is 76.0 Å². The number of hydrogen-bond donors (Lipinski definition) is 2. The molecule has 1 heterocycles. The summed E-state index contributed by atoms with van der Waals surface area (Å²) in [5, 5.41) is 0. The number of carbonyl (C=O) groups is 2. The third-order valence-corrected chi connectivity index (χ3v) is 5.00. The van der Waals surface area contributed by atoms with Gasteiger partial charge in [-0.25, -0.2) is 0 Å². The molecule has 8 heteroatoms. The number of rotatable bonds is 9. The Morgan fingerprint density at radius 3 is 2.43 bits per heavy atom. The monoisotopic (exact) mass is 426 g/mol. The van der Waals surface area contributed by atoms with Gasteiger partial charge in [0.05, 0.1) is 7.11 Å². The third kappa shape index (κ3) is 6.59. The highest BCUT2D eigenvalue weighted by atomic mass is 32.2. The maximum atomic E-state index is 12.1. The Balaban J connectivity index is 1.36. The van der Waals surface area contributed by atoms with Gasteiger partial charge in [-0.15, -0.1) is 11.8 Å². The lowest BCUT2D eigenvalue weighted by Gasteiger charge is -2.06. The van der Waals surface area contributed by atoms with Gasteiger partial charge in [0.15, 0.2) is 5.76 Å². The van der Waals surface area contributed by atoms with Crippen LogP contribution in [-0.2, 0) is 11.4 Å². The van der Waals surface area contributed by atoms with Gasteiger partial charge in [-0.3, -0.25) is 20.4 Å². The van der Waals surface area contributed by atoms with Crippen molar-refractivity contribution in [3.05, 3.63) is 78.3 Å². The number of thioether (sulfide) groups is 1. The predicted octanol–water partition coefficient (Wildman–Crippen LogP) is 3.81. The highest BCUT2D eigenvalue weighted by Crippen LogP contribution is 2.21. The minimum absolute atomic E-state index is 0.0922. The number of hydrazine groups is 1. The molecule has 0 bridgehead atoms. The topological polar surface area (TPSA) is 89.8 Å². The van der Waals surface area contributed by atoms with Crippen LogP contribution < -0.4 is 20.3 Å². The lowest BCUT2D eigenvalue weighted by molar-refractivity contribution is -0.121. The first-order valence-electron chi connectivity index (χ1n) is 9.26. The molecule has 0 unspecified atom stereocenters. The molecule has 2 aromatic carbocycles. The standard InChI is InChI=1S/C22H22N2O5S/c1-27-16-7-10-19(11-8-16)30-14-13-21(25)23-24-22(26)20-12-9-18(29-20)15-28-17-5-3-2-4-6-17/h2-12H,13-15H2,1H3,(H,23,25)(H,24,26). The third-order valence-electron chi connectivity index (χ3n) is 3.98. The molecule has 30 heavy (non-hydrogen) atoms. The number of ether oxygens (including phenoxy) is 2. The average molecular weight is 426 g/mol. The van der Waals surface area contributed by atoms with Crippen molar-refractivity contribution in [2.45, 2.75) is 17.9 Å². The van der Waals surface area contributed by atoms with Gasteiger partial charge in [0.1, 0.15) is 23.9 Å². The fraction of sp³-hybridized carbons (Fsp3) is 0.182. The second kappa shape index (κ2) is 11.0. The predicted molar refractivity (Wildman–Crippen MR) is 113 cm³/mol. The van der Waals surface area contributed by atoms with Gasteiger partial charge in [0, 0.05) is 17.1 Å². The fourth-order valence-electron chi connectivity index (χ4n) is 2.43. The van der Waals surface area contributed by atoms with Crippen LogP contribution in [0.2, 0.25) is 0 Å². The van der Waals surface area contributed by atoms with Crippen LogP contribution in [0.3, 0.4) is 0 Å². The first-order chi connectivity index (χ1) is 14.6. The summed E-state index contributed by atoms with van der Waals surface area (Å²) >= 11 is 1.54. The molecular formula is C22H22N2O5S. The molecule has 0 fully saturated rings. The van der Waals surface area contributed by atoms with Crippen LogP contribution in [0.5, 0.6) is 11.5 Å². The van der Waals surface area contributed by atoms with E-state index in [1.165, 1.54) is 6.07 Å². The summed E-state index contributed by atoms with van der Waals surface area (Å²) in [4.78, 5) is 25.1. The SMILES string of the molecule is COc1ccc(SCCC(=O)NNC(=O)c2ccc(COc3ccccc3)o2)cc1. The van der Waals surface area contributed by atoms with Gasteiger partial charge in [-0.05, 0) is 48.5 Å². The largest absolute Gasteiger partial charge is 0.497 e. The van der Waals surface area contributed by atoms with E-state index in [1.807, 2.05) is 54.6 Å². The van der Waals surface area contributed by atoms with E-state index >= 15 is 0 Å². The zero-order chi connectivity index (χ0) is 21.2. The van der Waals surface area contributed by atoms with E-state index < -0.39 is 5.91 Å². The van der Waals surface area contributed by atoms with E-state index in [4.69, 9.17) is 13.9 Å². The molecule has 0 aliphatic heterocycles. The van der Waals surface area contributed by atoms with Gasteiger partial charge in [0.25, 0.3) is 0 Å². The van der Waals surface area contributed by atoms with Gasteiger partial charge < -0.3 is 13.9 Å². The summed E-state index contributed by atoms with van der Waals surface area (Å²) in [7, 11) is 1.61. The second-order valence-corrected chi connectivity index (χ2v) is 7.31. The van der Waals surface area contributed by atoms with Crippen molar-refractivity contribution in [2.75, 3.05) is 12.9 Å². The molecule has 7 nitrogen and oxygen atoms in total. The van der Waals surface area contributed by atoms with Gasteiger partial charge >= 0.3 is 5.91 Å². The van der Waals surface area contributed by atoms with Crippen LogP contribution in [-0.4, -0.2) is 24.7 Å². The van der Waals surface area contributed by atoms with E-state index in [2.05, 4.69) is 10.9 Å². The van der Waals surface area contributed by atoms with Crippen molar-refractivity contribution < 1.29 is 23.5 Å². The fourth-order valence-corrected chi connectivity index (χ4v) is 3.28. The van der Waals surface area contributed by atoms with Crippen molar-refractivity contribution in [2.24, 2.45) is 0 Å². The minimum atomic E-state index is -0.530. The first kappa shape index (κ1) is 21.3. The van der Waals surface area contributed by atoms with E-state index in [-0.39, 0.29) is 24.7 Å². The summed E-state index contributed by atoms with van der Waals surface area (Å²) in [5.41, 5.74) is 4.74. The maximum Gasteiger partial charge on any atom is 0.305 e. The van der Waals surface area contributed by atoms with Crippen LogP contribution >= 0.6 is 11.8 Å². The maximum absolute atomic E-state index is 12.1. The molecule has 0 radical (unpaired) electrons. The van der Waals surface area contributed by atoms with Crippen molar-refractivity contribution in [1.82, 2.24) is 10.9 Å². The molecule has 0 aliphatic rings. The molecular weight excluding hydrogens is 404 g/mol. The van der Waals surface area contributed by atoms with Crippen molar-refractivity contribution >= 4 is 23.6 Å². The molecule has 2 N–H and O–H groups in total. The second-order valence-electron chi connectivity index (χ2n) is 6.14. The van der Waals surface area contributed by atoms with Crippen molar-refractivity contribution in [3.63, 3.8) is 0 Å². The van der Waals surface area contributed by atoms with Gasteiger partial charge in [-0.2, -0.15) is 0 Å². The molecule has 0 saturated carbocycles. The smallest absolute Gasteiger partial charge is 0.305 e. The Morgan fingerprint density at radius 2 is 1.70 bits per heavy atom. The lowest BCUT2D eigenvalue weighted by Crippen LogP contribution is -2.41.